The molecule has 1 saturated heterocycles. The van der Waals surface area contributed by atoms with Gasteiger partial charge >= 0.3 is 0 Å². The number of nitriles is 1. The van der Waals surface area contributed by atoms with Crippen molar-refractivity contribution in [3.63, 3.8) is 0 Å². The van der Waals surface area contributed by atoms with Crippen molar-refractivity contribution in [3.05, 3.63) is 0 Å². The summed E-state index contributed by atoms with van der Waals surface area (Å²) >= 11 is 0. The Morgan fingerprint density at radius 1 is 1.33 bits per heavy atom. The summed E-state index contributed by atoms with van der Waals surface area (Å²) in [7, 11) is -3.39. The normalized spacial score (nSPS) is 19.0. The zero-order valence-electron chi connectivity index (χ0n) is 9.02. The number of hydrogen-bond acceptors (Lipinski definition) is 3. The third kappa shape index (κ3) is 2.91. The van der Waals surface area contributed by atoms with Gasteiger partial charge in [0.05, 0.1) is 6.07 Å². The molecule has 1 aliphatic rings. The van der Waals surface area contributed by atoms with Crippen molar-refractivity contribution in [2.45, 2.75) is 26.2 Å². The van der Waals surface area contributed by atoms with Gasteiger partial charge in [-0.3, -0.25) is 0 Å². The van der Waals surface area contributed by atoms with Crippen LogP contribution in [0.2, 0.25) is 0 Å². The molecule has 0 aromatic carbocycles. The molecule has 0 saturated carbocycles. The smallest absolute Gasteiger partial charge is 0.197 e. The Bertz CT molecular complexity index is 328. The zero-order valence-corrected chi connectivity index (χ0v) is 9.83. The minimum atomic E-state index is -3.39. The topological polar surface area (TPSA) is 64.4 Å². The van der Waals surface area contributed by atoms with Crippen LogP contribution in [0, 0.1) is 11.3 Å². The molecule has 0 atom stereocenters. The van der Waals surface area contributed by atoms with Gasteiger partial charge < -0.3 is 0 Å². The fraction of sp³-hybridized carbons (Fsp3) is 0.889. The average Bonchev–Trinajstić information content (AvgIpc) is 2.27. The largest absolute Gasteiger partial charge is 0.282 e. The lowest BCUT2D eigenvalue weighted by atomic mass is 10.2. The molecule has 0 unspecified atom stereocenters. The van der Waals surface area contributed by atoms with Crippen LogP contribution >= 0.6 is 0 Å². The van der Waals surface area contributed by atoms with Crippen LogP contribution in [-0.2, 0) is 10.2 Å². The molecule has 0 aromatic heterocycles. The summed E-state index contributed by atoms with van der Waals surface area (Å²) in [6.07, 6.45) is 2.93. The molecule has 1 aliphatic heterocycles. The van der Waals surface area contributed by atoms with Crippen molar-refractivity contribution in [2.75, 3.05) is 26.2 Å². The molecule has 1 rings (SSSR count). The molecular weight excluding hydrogens is 214 g/mol. The van der Waals surface area contributed by atoms with Crippen molar-refractivity contribution in [1.82, 2.24) is 8.61 Å². The van der Waals surface area contributed by atoms with E-state index in [0.29, 0.717) is 19.6 Å². The van der Waals surface area contributed by atoms with Gasteiger partial charge in [-0.25, -0.2) is 0 Å². The van der Waals surface area contributed by atoms with E-state index in [4.69, 9.17) is 5.26 Å². The third-order valence-electron chi connectivity index (χ3n) is 2.57. The van der Waals surface area contributed by atoms with Crippen LogP contribution in [0.25, 0.3) is 0 Å². The Labute approximate surface area is 91.5 Å². The molecule has 0 aliphatic carbocycles. The van der Waals surface area contributed by atoms with Gasteiger partial charge in [0.15, 0.2) is 0 Å². The highest BCUT2D eigenvalue weighted by Crippen LogP contribution is 2.15. The van der Waals surface area contributed by atoms with Crippen LogP contribution in [0.15, 0.2) is 0 Å². The molecule has 1 fully saturated rings. The van der Waals surface area contributed by atoms with Crippen molar-refractivity contribution in [2.24, 2.45) is 0 Å². The highest BCUT2D eigenvalue weighted by molar-refractivity contribution is 7.86. The Hall–Kier alpha value is -0.640. The van der Waals surface area contributed by atoms with Gasteiger partial charge in [-0.05, 0) is 12.8 Å². The predicted octanol–water partition coefficient (Wildman–Crippen LogP) is 0.563. The molecule has 0 N–H and O–H groups in total. The number of piperidine rings is 1. The third-order valence-corrected chi connectivity index (χ3v) is 4.62. The molecule has 86 valence electrons. The van der Waals surface area contributed by atoms with E-state index in [1.165, 1.54) is 8.61 Å². The lowest BCUT2D eigenvalue weighted by molar-refractivity contribution is 0.313. The minimum absolute atomic E-state index is 0.0602. The summed E-state index contributed by atoms with van der Waals surface area (Å²) in [5.74, 6) is 0. The second-order valence-electron chi connectivity index (χ2n) is 3.55. The van der Waals surface area contributed by atoms with E-state index in [-0.39, 0.29) is 6.54 Å². The summed E-state index contributed by atoms with van der Waals surface area (Å²) in [5.41, 5.74) is 0. The molecule has 0 spiro atoms. The van der Waals surface area contributed by atoms with Crippen molar-refractivity contribution in [1.29, 1.82) is 5.26 Å². The van der Waals surface area contributed by atoms with Gasteiger partial charge in [0.25, 0.3) is 10.2 Å². The molecule has 15 heavy (non-hydrogen) atoms. The lowest BCUT2D eigenvalue weighted by Crippen LogP contribution is -2.46. The van der Waals surface area contributed by atoms with Gasteiger partial charge in [0, 0.05) is 19.6 Å². The Morgan fingerprint density at radius 3 is 2.40 bits per heavy atom. The average molecular weight is 231 g/mol. The molecule has 0 amide bonds. The van der Waals surface area contributed by atoms with Crippen molar-refractivity contribution >= 4 is 10.2 Å². The van der Waals surface area contributed by atoms with E-state index in [2.05, 4.69) is 0 Å². The first-order chi connectivity index (χ1) is 7.12. The molecule has 6 heteroatoms. The summed E-state index contributed by atoms with van der Waals surface area (Å²) < 4.78 is 26.7. The summed E-state index contributed by atoms with van der Waals surface area (Å²) in [5, 5.41) is 8.55. The van der Waals surface area contributed by atoms with E-state index < -0.39 is 10.2 Å². The lowest BCUT2D eigenvalue weighted by Gasteiger charge is -2.30. The van der Waals surface area contributed by atoms with Crippen molar-refractivity contribution < 1.29 is 8.42 Å². The summed E-state index contributed by atoms with van der Waals surface area (Å²) in [4.78, 5) is 0. The summed E-state index contributed by atoms with van der Waals surface area (Å²) in [6.45, 7) is 3.22. The number of nitrogens with zero attached hydrogens (tertiary/aromatic N) is 3. The Kier molecular flexibility index (Phi) is 4.51. The van der Waals surface area contributed by atoms with Crippen LogP contribution in [-0.4, -0.2) is 43.2 Å². The Balaban J connectivity index is 2.75. The van der Waals surface area contributed by atoms with E-state index in [1.807, 2.05) is 6.07 Å². The van der Waals surface area contributed by atoms with Crippen LogP contribution in [0.3, 0.4) is 0 Å². The van der Waals surface area contributed by atoms with Gasteiger partial charge in [-0.15, -0.1) is 0 Å². The fourth-order valence-electron chi connectivity index (χ4n) is 1.69. The van der Waals surface area contributed by atoms with E-state index in [1.54, 1.807) is 6.92 Å². The predicted molar refractivity (Wildman–Crippen MR) is 57.2 cm³/mol. The standard InChI is InChI=1S/C9H17N3O2S/c1-2-11(9-6-10)15(13,14)12-7-4-3-5-8-12/h2-5,7-9H2,1H3. The Morgan fingerprint density at radius 2 is 1.93 bits per heavy atom. The van der Waals surface area contributed by atoms with Crippen LogP contribution in [0.4, 0.5) is 0 Å². The molecule has 5 nitrogen and oxygen atoms in total. The monoisotopic (exact) mass is 231 g/mol. The maximum atomic E-state index is 12.0. The van der Waals surface area contributed by atoms with Gasteiger partial charge in [0.2, 0.25) is 0 Å². The number of hydrogen-bond donors (Lipinski definition) is 0. The second-order valence-corrected chi connectivity index (χ2v) is 5.48. The molecular formula is C9H17N3O2S. The maximum Gasteiger partial charge on any atom is 0.282 e. The van der Waals surface area contributed by atoms with E-state index >= 15 is 0 Å². The van der Waals surface area contributed by atoms with Crippen LogP contribution in [0.1, 0.15) is 26.2 Å². The quantitative estimate of drug-likeness (QED) is 0.664. The minimum Gasteiger partial charge on any atom is -0.197 e. The van der Waals surface area contributed by atoms with E-state index in [0.717, 1.165) is 19.3 Å². The highest BCUT2D eigenvalue weighted by Gasteiger charge is 2.29. The first-order valence-electron chi connectivity index (χ1n) is 5.25. The fourth-order valence-corrected chi connectivity index (χ4v) is 3.29. The van der Waals surface area contributed by atoms with Crippen molar-refractivity contribution in [3.8, 4) is 6.07 Å². The van der Waals surface area contributed by atoms with E-state index in [9.17, 15) is 8.42 Å². The molecule has 0 bridgehead atoms. The van der Waals surface area contributed by atoms with Crippen LogP contribution < -0.4 is 0 Å². The van der Waals surface area contributed by atoms with Crippen LogP contribution in [0.5, 0.6) is 0 Å². The molecule has 0 radical (unpaired) electrons. The van der Waals surface area contributed by atoms with Gasteiger partial charge in [-0.1, -0.05) is 13.3 Å². The zero-order chi connectivity index (χ0) is 11.3. The van der Waals surface area contributed by atoms with Gasteiger partial charge in [0.1, 0.15) is 6.54 Å². The molecule has 0 aromatic rings. The first-order valence-corrected chi connectivity index (χ1v) is 6.64. The van der Waals surface area contributed by atoms with Gasteiger partial charge in [-0.2, -0.15) is 22.3 Å². The maximum absolute atomic E-state index is 12.0. The second kappa shape index (κ2) is 5.45. The number of rotatable bonds is 4. The SMILES string of the molecule is CCN(CC#N)S(=O)(=O)N1CCCCC1. The summed E-state index contributed by atoms with van der Waals surface area (Å²) in [6, 6.07) is 1.88. The highest BCUT2D eigenvalue weighted by atomic mass is 32.2. The first kappa shape index (κ1) is 12.4. The molecule has 1 heterocycles.